The van der Waals surface area contributed by atoms with Crippen molar-refractivity contribution >= 4 is 30.8 Å². The van der Waals surface area contributed by atoms with Crippen molar-refractivity contribution in [2.24, 2.45) is 0 Å². The summed E-state index contributed by atoms with van der Waals surface area (Å²) in [4.78, 5) is 7.96. The van der Waals surface area contributed by atoms with Gasteiger partial charge in [-0.1, -0.05) is 25.7 Å². The SMILES string of the molecule is Cc1cc2c(c(Nc3nc(S(=O)O)nn3COCC[Si](C)(C)C)c1-c1ccnc(F)c1)CCC2.[H-].[Na+]. The Morgan fingerprint density at radius 2 is 2.09 bits per heavy atom. The summed E-state index contributed by atoms with van der Waals surface area (Å²) in [5.74, 6) is -0.249. The van der Waals surface area contributed by atoms with E-state index >= 15 is 0 Å². The van der Waals surface area contributed by atoms with E-state index in [2.05, 4.69) is 46.1 Å². The summed E-state index contributed by atoms with van der Waals surface area (Å²) in [6, 6.07) is 6.33. The number of benzene rings is 1. The van der Waals surface area contributed by atoms with Crippen molar-refractivity contribution in [2.45, 2.75) is 63.8 Å². The number of aryl methyl sites for hydroxylation is 2. The first-order valence-corrected chi connectivity index (χ1v) is 16.1. The average molecular weight is 528 g/mol. The Balaban J connectivity index is 0.00000228. The fourth-order valence-corrected chi connectivity index (χ4v) is 5.27. The van der Waals surface area contributed by atoms with Gasteiger partial charge in [0.05, 0.1) is 5.69 Å². The Kier molecular flexibility index (Phi) is 9.41. The fraction of sp³-hybridized carbons (Fsp3) is 0.435. The normalized spacial score (nSPS) is 13.9. The summed E-state index contributed by atoms with van der Waals surface area (Å²) >= 11 is -2.34. The van der Waals surface area contributed by atoms with Gasteiger partial charge in [0.1, 0.15) is 6.73 Å². The molecule has 0 amide bonds. The molecule has 0 bridgehead atoms. The van der Waals surface area contributed by atoms with Crippen molar-refractivity contribution in [1.82, 2.24) is 19.7 Å². The zero-order valence-electron chi connectivity index (χ0n) is 21.9. The van der Waals surface area contributed by atoms with Gasteiger partial charge in [-0.05, 0) is 60.6 Å². The number of nitrogens with one attached hydrogen (secondary N) is 1. The van der Waals surface area contributed by atoms with Crippen LogP contribution >= 0.6 is 0 Å². The number of nitrogens with zero attached hydrogens (tertiary/aromatic N) is 4. The predicted octanol–water partition coefficient (Wildman–Crippen LogP) is 2.03. The fourth-order valence-electron chi connectivity index (χ4n) is 4.18. The Labute approximate surface area is 232 Å². The molecule has 3 aromatic rings. The van der Waals surface area contributed by atoms with Gasteiger partial charge in [-0.2, -0.15) is 9.37 Å². The van der Waals surface area contributed by atoms with E-state index in [0.29, 0.717) is 18.1 Å². The molecule has 0 radical (unpaired) electrons. The van der Waals surface area contributed by atoms with Crippen LogP contribution in [0.25, 0.3) is 11.1 Å². The maximum atomic E-state index is 14.0. The Hall–Kier alpha value is -1.47. The number of hydrogen-bond donors (Lipinski definition) is 2. The standard InChI is InChI=1S/C23H30FN5O3SSi.Na.H/c1-15-12-16-6-5-7-18(16)21(20(15)17-8-9-25-19(24)13-17)26-22-27-23(33(30)31)28-29(22)14-32-10-11-34(2,3)4;;/h8-9,12-13H,5-7,10-11,14H2,1-4H3,(H,30,31)(H,26,27,28);;/q;+1;-1. The summed E-state index contributed by atoms with van der Waals surface area (Å²) in [5.41, 5.74) is 5.73. The van der Waals surface area contributed by atoms with Crippen LogP contribution in [0.2, 0.25) is 25.7 Å². The second-order valence-electron chi connectivity index (χ2n) is 9.74. The number of halogens is 1. The van der Waals surface area contributed by atoms with Crippen LogP contribution in [0.5, 0.6) is 0 Å². The number of rotatable bonds is 9. The number of aromatic nitrogens is 4. The van der Waals surface area contributed by atoms with Crippen molar-refractivity contribution in [3.8, 4) is 11.1 Å². The topological polar surface area (TPSA) is 102 Å². The summed E-state index contributed by atoms with van der Waals surface area (Å²) < 4.78 is 42.6. The van der Waals surface area contributed by atoms with E-state index < -0.39 is 25.1 Å². The Bertz CT molecular complexity index is 1240. The molecule has 0 saturated carbocycles. The van der Waals surface area contributed by atoms with Gasteiger partial charge in [-0.25, -0.2) is 13.9 Å². The summed E-state index contributed by atoms with van der Waals surface area (Å²) in [7, 11) is -1.26. The minimum atomic E-state index is -2.34. The van der Waals surface area contributed by atoms with Crippen LogP contribution in [0.15, 0.2) is 29.6 Å². The molecule has 1 aromatic carbocycles. The number of hydrogen-bond acceptors (Lipinski definition) is 6. The Morgan fingerprint density at radius 3 is 2.77 bits per heavy atom. The molecule has 2 heterocycles. The van der Waals surface area contributed by atoms with Gasteiger partial charge in [-0.3, -0.25) is 4.55 Å². The van der Waals surface area contributed by atoms with Gasteiger partial charge in [0, 0.05) is 32.5 Å². The zero-order chi connectivity index (χ0) is 24.5. The van der Waals surface area contributed by atoms with Crippen molar-refractivity contribution < 1.29 is 48.9 Å². The third kappa shape index (κ3) is 6.85. The first kappa shape index (κ1) is 28.1. The van der Waals surface area contributed by atoms with Crippen LogP contribution in [-0.4, -0.2) is 43.2 Å². The molecular weight excluding hydrogens is 496 g/mol. The predicted molar refractivity (Wildman–Crippen MR) is 134 cm³/mol. The summed E-state index contributed by atoms with van der Waals surface area (Å²) in [6.07, 6.45) is 4.31. The summed E-state index contributed by atoms with van der Waals surface area (Å²) in [5, 5.41) is 7.35. The van der Waals surface area contributed by atoms with Gasteiger partial charge in [0.25, 0.3) is 5.16 Å². The molecule has 0 saturated heterocycles. The monoisotopic (exact) mass is 527 g/mol. The molecule has 35 heavy (non-hydrogen) atoms. The number of ether oxygens (including phenoxy) is 1. The molecular formula is C23H31FN5NaO3SSi. The van der Waals surface area contributed by atoms with Crippen LogP contribution in [-0.2, 0) is 35.4 Å². The van der Waals surface area contributed by atoms with Crippen LogP contribution < -0.4 is 34.9 Å². The molecule has 1 aliphatic carbocycles. The largest absolute Gasteiger partial charge is 1.00 e. The van der Waals surface area contributed by atoms with E-state index in [0.717, 1.165) is 47.7 Å². The third-order valence-corrected chi connectivity index (χ3v) is 8.06. The van der Waals surface area contributed by atoms with Crippen LogP contribution in [0, 0.1) is 12.9 Å². The first-order valence-electron chi connectivity index (χ1n) is 11.3. The van der Waals surface area contributed by atoms with Crippen molar-refractivity contribution in [2.75, 3.05) is 11.9 Å². The molecule has 4 rings (SSSR count). The zero-order valence-corrected chi connectivity index (χ0v) is 24.7. The molecule has 2 N–H and O–H groups in total. The third-order valence-electron chi connectivity index (χ3n) is 5.87. The van der Waals surface area contributed by atoms with E-state index in [1.807, 2.05) is 6.92 Å². The maximum absolute atomic E-state index is 14.0. The Morgan fingerprint density at radius 1 is 1.31 bits per heavy atom. The number of fused-ring (bicyclic) bond motifs is 1. The van der Waals surface area contributed by atoms with Crippen LogP contribution in [0.3, 0.4) is 0 Å². The van der Waals surface area contributed by atoms with Crippen molar-refractivity contribution in [3.63, 3.8) is 0 Å². The molecule has 0 fully saturated rings. The molecule has 184 valence electrons. The average Bonchev–Trinajstić information content (AvgIpc) is 3.37. The second-order valence-corrected chi connectivity index (χ2v) is 16.2. The van der Waals surface area contributed by atoms with Gasteiger partial charge >= 0.3 is 29.6 Å². The minimum Gasteiger partial charge on any atom is -1.00 e. The van der Waals surface area contributed by atoms with Gasteiger partial charge < -0.3 is 11.5 Å². The van der Waals surface area contributed by atoms with E-state index in [-0.39, 0.29) is 42.9 Å². The van der Waals surface area contributed by atoms with Crippen molar-refractivity contribution in [3.05, 3.63) is 47.0 Å². The maximum Gasteiger partial charge on any atom is 1.00 e. The number of anilines is 2. The van der Waals surface area contributed by atoms with E-state index in [9.17, 15) is 13.2 Å². The molecule has 0 spiro atoms. The smallest absolute Gasteiger partial charge is 1.00 e. The first-order chi connectivity index (χ1) is 16.1. The molecule has 8 nitrogen and oxygen atoms in total. The minimum absolute atomic E-state index is 0. The van der Waals surface area contributed by atoms with E-state index in [1.165, 1.54) is 22.5 Å². The molecule has 0 aliphatic heterocycles. The summed E-state index contributed by atoms with van der Waals surface area (Å²) in [6.45, 7) is 9.49. The molecule has 1 unspecified atom stereocenters. The molecule has 1 aliphatic rings. The van der Waals surface area contributed by atoms with Gasteiger partial charge in [0.2, 0.25) is 23.0 Å². The molecule has 1 atom stereocenters. The molecule has 12 heteroatoms. The second kappa shape index (κ2) is 11.7. The quantitative estimate of drug-likeness (QED) is 0.190. The van der Waals surface area contributed by atoms with Crippen molar-refractivity contribution in [1.29, 1.82) is 0 Å². The molecule has 2 aromatic heterocycles. The van der Waals surface area contributed by atoms with Crippen LogP contribution in [0.4, 0.5) is 16.0 Å². The number of pyridine rings is 1. The van der Waals surface area contributed by atoms with Crippen LogP contribution in [0.1, 0.15) is 24.5 Å². The van der Waals surface area contributed by atoms with Gasteiger partial charge in [0.15, 0.2) is 0 Å². The van der Waals surface area contributed by atoms with Gasteiger partial charge in [-0.15, -0.1) is 5.10 Å². The van der Waals surface area contributed by atoms with E-state index in [1.54, 1.807) is 6.07 Å². The van der Waals surface area contributed by atoms with E-state index in [4.69, 9.17) is 4.74 Å².